The summed E-state index contributed by atoms with van der Waals surface area (Å²) in [5.74, 6) is -0.0767. The van der Waals surface area contributed by atoms with Crippen LogP contribution in [0.5, 0.6) is 0 Å². The van der Waals surface area contributed by atoms with E-state index >= 15 is 0 Å². The van der Waals surface area contributed by atoms with E-state index in [1.165, 1.54) is 11.8 Å². The molecule has 4 rings (SSSR count). The third kappa shape index (κ3) is 5.82. The Bertz CT molecular complexity index is 1330. The van der Waals surface area contributed by atoms with Gasteiger partial charge in [0, 0.05) is 23.8 Å². The van der Waals surface area contributed by atoms with Crippen molar-refractivity contribution in [1.82, 2.24) is 14.9 Å². The van der Waals surface area contributed by atoms with Gasteiger partial charge in [-0.3, -0.25) is 19.0 Å². The number of Topliss-reactive ketones (excluding diaryl/α,β-unsaturated/α-hetero) is 1. The monoisotopic (exact) mass is 493 g/mol. The van der Waals surface area contributed by atoms with Crippen molar-refractivity contribution in [2.45, 2.75) is 64.4 Å². The lowest BCUT2D eigenvalue weighted by Crippen LogP contribution is -2.31. The molecule has 3 aromatic rings. The van der Waals surface area contributed by atoms with Gasteiger partial charge in [-0.2, -0.15) is 0 Å². The summed E-state index contributed by atoms with van der Waals surface area (Å²) in [6.45, 7) is 8.73. The first-order chi connectivity index (χ1) is 16.7. The second kappa shape index (κ2) is 10.7. The van der Waals surface area contributed by atoms with E-state index in [2.05, 4.69) is 5.32 Å². The number of ether oxygens (including phenoxy) is 1. The number of aromatic nitrogens is 2. The Balaban J connectivity index is 1.70. The first kappa shape index (κ1) is 25.1. The van der Waals surface area contributed by atoms with Gasteiger partial charge < -0.3 is 10.1 Å². The predicted octanol–water partition coefficient (Wildman–Crippen LogP) is 4.31. The summed E-state index contributed by atoms with van der Waals surface area (Å²) in [6, 6.07) is 10.8. The maximum Gasteiger partial charge on any atom is 0.262 e. The second-order valence-electron chi connectivity index (χ2n) is 9.34. The third-order valence-corrected chi connectivity index (χ3v) is 7.01. The summed E-state index contributed by atoms with van der Waals surface area (Å²) in [7, 11) is 0. The molecule has 0 saturated carbocycles. The predicted molar refractivity (Wildman–Crippen MR) is 139 cm³/mol. The van der Waals surface area contributed by atoms with Crippen molar-refractivity contribution in [1.29, 1.82) is 0 Å². The zero-order valence-electron chi connectivity index (χ0n) is 20.6. The Kier molecular flexibility index (Phi) is 7.72. The van der Waals surface area contributed by atoms with Crippen molar-refractivity contribution in [3.8, 4) is 0 Å². The van der Waals surface area contributed by atoms with E-state index in [9.17, 15) is 14.4 Å². The maximum atomic E-state index is 13.5. The van der Waals surface area contributed by atoms with Gasteiger partial charge in [0.15, 0.2) is 10.9 Å². The summed E-state index contributed by atoms with van der Waals surface area (Å²) in [5.41, 5.74) is 3.32. The minimum atomic E-state index is -0.216. The van der Waals surface area contributed by atoms with Gasteiger partial charge in [-0.25, -0.2) is 4.98 Å². The van der Waals surface area contributed by atoms with E-state index < -0.39 is 0 Å². The third-order valence-electron chi connectivity index (χ3n) is 6.04. The minimum absolute atomic E-state index is 0.00669. The highest BCUT2D eigenvalue weighted by Gasteiger charge is 2.22. The summed E-state index contributed by atoms with van der Waals surface area (Å²) < 4.78 is 7.39. The van der Waals surface area contributed by atoms with E-state index in [-0.39, 0.29) is 35.1 Å². The van der Waals surface area contributed by atoms with Crippen LogP contribution in [0.2, 0.25) is 0 Å². The molecule has 8 heteroatoms. The Morgan fingerprint density at radius 1 is 1.20 bits per heavy atom. The van der Waals surface area contributed by atoms with Crippen LogP contribution < -0.4 is 10.9 Å². The van der Waals surface area contributed by atoms with Crippen molar-refractivity contribution in [2.24, 2.45) is 0 Å². The summed E-state index contributed by atoms with van der Waals surface area (Å²) in [5, 5.41) is 3.76. The van der Waals surface area contributed by atoms with Gasteiger partial charge >= 0.3 is 0 Å². The molecule has 0 bridgehead atoms. The molecule has 1 fully saturated rings. The number of ketones is 1. The van der Waals surface area contributed by atoms with E-state index in [0.717, 1.165) is 24.0 Å². The number of hydrogen-bond acceptors (Lipinski definition) is 6. The molecular formula is C27H31N3O4S. The van der Waals surface area contributed by atoms with Crippen LogP contribution >= 0.6 is 11.8 Å². The molecule has 0 radical (unpaired) electrons. The fourth-order valence-corrected chi connectivity index (χ4v) is 5.09. The van der Waals surface area contributed by atoms with Crippen LogP contribution in [-0.2, 0) is 11.3 Å². The maximum absolute atomic E-state index is 13.5. The first-order valence-electron chi connectivity index (χ1n) is 11.9. The molecule has 2 heterocycles. The Morgan fingerprint density at radius 2 is 2.00 bits per heavy atom. The molecule has 35 heavy (non-hydrogen) atoms. The lowest BCUT2D eigenvalue weighted by molar-refractivity contribution is 0.0936. The van der Waals surface area contributed by atoms with Crippen LogP contribution in [0.3, 0.4) is 0 Å². The summed E-state index contributed by atoms with van der Waals surface area (Å²) >= 11 is 1.25. The van der Waals surface area contributed by atoms with E-state index in [4.69, 9.17) is 9.72 Å². The van der Waals surface area contributed by atoms with Crippen LogP contribution in [0, 0.1) is 13.8 Å². The Morgan fingerprint density at radius 3 is 2.71 bits per heavy atom. The van der Waals surface area contributed by atoms with Crippen LogP contribution in [0.1, 0.15) is 58.5 Å². The van der Waals surface area contributed by atoms with E-state index in [1.54, 1.807) is 22.8 Å². The average molecular weight is 494 g/mol. The highest BCUT2D eigenvalue weighted by Crippen LogP contribution is 2.23. The number of fused-ring (bicyclic) bond motifs is 1. The SMILES string of the molecule is Cc1ccc(C)c(C(=O)CSc2nc3cc(C(=O)NC(C)C)ccc3c(=O)n2C[C@H]2CCCO2)c1. The standard InChI is InChI=1S/C27H31N3O4S/c1-16(2)28-25(32)19-9-10-21-23(13-19)29-27(30(26(21)33)14-20-6-5-11-34-20)35-15-24(31)22-12-17(3)7-8-18(22)4/h7-10,12-13,16,20H,5-6,11,14-15H2,1-4H3,(H,28,32)/t20-/m1/s1. The number of benzene rings is 2. The lowest BCUT2D eigenvalue weighted by Gasteiger charge is -2.17. The summed E-state index contributed by atoms with van der Waals surface area (Å²) in [6.07, 6.45) is 1.78. The van der Waals surface area contributed by atoms with Gasteiger partial charge in [0.1, 0.15) is 0 Å². The molecule has 0 spiro atoms. The van der Waals surface area contributed by atoms with Crippen LogP contribution in [0.15, 0.2) is 46.3 Å². The fraction of sp³-hybridized carbons (Fsp3) is 0.407. The molecule has 1 aliphatic rings. The molecule has 0 unspecified atom stereocenters. The van der Waals surface area contributed by atoms with Crippen LogP contribution in [-0.4, -0.2) is 45.7 Å². The van der Waals surface area contributed by atoms with Crippen molar-refractivity contribution in [3.63, 3.8) is 0 Å². The Hall–Kier alpha value is -2.97. The van der Waals surface area contributed by atoms with Gasteiger partial charge in [0.05, 0.1) is 29.3 Å². The molecule has 1 amide bonds. The zero-order valence-corrected chi connectivity index (χ0v) is 21.4. The van der Waals surface area contributed by atoms with Gasteiger partial charge in [0.2, 0.25) is 0 Å². The average Bonchev–Trinajstić information content (AvgIpc) is 3.33. The second-order valence-corrected chi connectivity index (χ2v) is 10.3. The molecular weight excluding hydrogens is 462 g/mol. The number of carbonyl (C=O) groups excluding carboxylic acids is 2. The van der Waals surface area contributed by atoms with Gasteiger partial charge in [0.25, 0.3) is 11.5 Å². The van der Waals surface area contributed by atoms with E-state index in [1.807, 2.05) is 45.9 Å². The van der Waals surface area contributed by atoms with Crippen molar-refractivity contribution in [2.75, 3.05) is 12.4 Å². The summed E-state index contributed by atoms with van der Waals surface area (Å²) in [4.78, 5) is 43.8. The molecule has 1 aliphatic heterocycles. The van der Waals surface area contributed by atoms with Gasteiger partial charge in [-0.1, -0.05) is 29.5 Å². The minimum Gasteiger partial charge on any atom is -0.376 e. The number of rotatable bonds is 8. The number of amides is 1. The van der Waals surface area contributed by atoms with Crippen molar-refractivity contribution >= 4 is 34.4 Å². The number of nitrogens with one attached hydrogen (secondary N) is 1. The highest BCUT2D eigenvalue weighted by molar-refractivity contribution is 7.99. The molecule has 1 saturated heterocycles. The fourth-order valence-electron chi connectivity index (χ4n) is 4.19. The normalized spacial score (nSPS) is 15.6. The molecule has 1 atom stereocenters. The number of nitrogens with zero attached hydrogens (tertiary/aromatic N) is 2. The molecule has 1 N–H and O–H groups in total. The van der Waals surface area contributed by atoms with Gasteiger partial charge in [-0.15, -0.1) is 0 Å². The lowest BCUT2D eigenvalue weighted by atomic mass is 10.0. The largest absolute Gasteiger partial charge is 0.376 e. The molecule has 0 aliphatic carbocycles. The number of carbonyl (C=O) groups is 2. The van der Waals surface area contributed by atoms with Crippen molar-refractivity contribution in [3.05, 3.63) is 69.0 Å². The smallest absolute Gasteiger partial charge is 0.262 e. The zero-order chi connectivity index (χ0) is 25.1. The number of aryl methyl sites for hydroxylation is 2. The van der Waals surface area contributed by atoms with Crippen molar-refractivity contribution < 1.29 is 14.3 Å². The Labute approximate surface area is 209 Å². The molecule has 1 aromatic heterocycles. The highest BCUT2D eigenvalue weighted by atomic mass is 32.2. The van der Waals surface area contributed by atoms with Crippen LogP contribution in [0.25, 0.3) is 10.9 Å². The number of thioether (sulfide) groups is 1. The first-order valence-corrected chi connectivity index (χ1v) is 12.9. The topological polar surface area (TPSA) is 90.3 Å². The number of hydrogen-bond donors (Lipinski definition) is 1. The van der Waals surface area contributed by atoms with Crippen LogP contribution in [0.4, 0.5) is 0 Å². The molecule has 2 aromatic carbocycles. The van der Waals surface area contributed by atoms with E-state index in [0.29, 0.717) is 40.3 Å². The van der Waals surface area contributed by atoms with Gasteiger partial charge in [-0.05, 0) is 70.4 Å². The molecule has 7 nitrogen and oxygen atoms in total. The molecule has 184 valence electrons. The quantitative estimate of drug-likeness (QED) is 0.286.